The van der Waals surface area contributed by atoms with Gasteiger partial charge in [0.25, 0.3) is 5.91 Å². The van der Waals surface area contributed by atoms with E-state index in [1.54, 1.807) is 23.7 Å². The first-order valence-electron chi connectivity index (χ1n) is 5.62. The van der Waals surface area contributed by atoms with Crippen molar-refractivity contribution < 1.29 is 19.5 Å². The van der Waals surface area contributed by atoms with E-state index in [0.717, 1.165) is 10.2 Å². The van der Waals surface area contributed by atoms with Crippen molar-refractivity contribution in [2.45, 2.75) is 12.5 Å². The van der Waals surface area contributed by atoms with Crippen molar-refractivity contribution in [3.05, 3.63) is 29.3 Å². The molecule has 1 heterocycles. The van der Waals surface area contributed by atoms with Crippen LogP contribution in [0.4, 0.5) is 0 Å². The lowest BCUT2D eigenvalue weighted by Gasteiger charge is -2.12. The Morgan fingerprint density at radius 1 is 1.40 bits per heavy atom. The highest BCUT2D eigenvalue weighted by Crippen LogP contribution is 2.19. The second kappa shape index (κ2) is 5.66. The number of nitrogens with two attached hydrogens (primary N) is 1. The third-order valence-corrected chi connectivity index (χ3v) is 3.39. The summed E-state index contributed by atoms with van der Waals surface area (Å²) in [6.45, 7) is 0. The smallest absolute Gasteiger partial charge is 0.326 e. The fourth-order valence-corrected chi connectivity index (χ4v) is 2.36. The Labute approximate surface area is 117 Å². The molecule has 20 heavy (non-hydrogen) atoms. The summed E-state index contributed by atoms with van der Waals surface area (Å²) >= 11 is 1.37. The monoisotopic (exact) mass is 293 g/mol. The zero-order valence-corrected chi connectivity index (χ0v) is 11.0. The molecule has 2 rings (SSSR count). The Bertz CT molecular complexity index is 682. The van der Waals surface area contributed by atoms with E-state index < -0.39 is 30.2 Å². The number of rotatable bonds is 5. The third kappa shape index (κ3) is 3.09. The lowest BCUT2D eigenvalue weighted by atomic mass is 10.1. The number of nitrogens with one attached hydrogen (secondary N) is 1. The molecule has 1 aromatic carbocycles. The molecule has 7 nitrogen and oxygen atoms in total. The Morgan fingerprint density at radius 3 is 2.80 bits per heavy atom. The van der Waals surface area contributed by atoms with E-state index in [0.29, 0.717) is 5.56 Å². The molecule has 0 saturated heterocycles. The Balaban J connectivity index is 2.17. The van der Waals surface area contributed by atoms with Gasteiger partial charge < -0.3 is 16.2 Å². The molecule has 0 saturated carbocycles. The number of aromatic nitrogens is 1. The van der Waals surface area contributed by atoms with Crippen LogP contribution in [-0.4, -0.2) is 33.9 Å². The maximum atomic E-state index is 12.0. The third-order valence-electron chi connectivity index (χ3n) is 2.60. The summed E-state index contributed by atoms with van der Waals surface area (Å²) in [4.78, 5) is 37.8. The summed E-state index contributed by atoms with van der Waals surface area (Å²) < 4.78 is 0.819. The Hall–Kier alpha value is -2.48. The van der Waals surface area contributed by atoms with Crippen molar-refractivity contribution in [3.8, 4) is 0 Å². The summed E-state index contributed by atoms with van der Waals surface area (Å²) in [6, 6.07) is 3.49. The van der Waals surface area contributed by atoms with Gasteiger partial charge in [0.2, 0.25) is 5.91 Å². The second-order valence-electron chi connectivity index (χ2n) is 4.07. The molecule has 0 aliphatic carbocycles. The molecule has 8 heteroatoms. The van der Waals surface area contributed by atoms with Crippen molar-refractivity contribution >= 4 is 39.3 Å². The number of carbonyl (C=O) groups is 3. The molecule has 1 atom stereocenters. The highest BCUT2D eigenvalue weighted by molar-refractivity contribution is 7.16. The largest absolute Gasteiger partial charge is 0.480 e. The van der Waals surface area contributed by atoms with E-state index in [4.69, 9.17) is 10.8 Å². The molecule has 2 amide bonds. The van der Waals surface area contributed by atoms with Gasteiger partial charge in [0.1, 0.15) is 6.04 Å². The molecule has 0 unspecified atom stereocenters. The molecule has 2 aromatic rings. The molecule has 0 aliphatic heterocycles. The van der Waals surface area contributed by atoms with Gasteiger partial charge >= 0.3 is 5.97 Å². The van der Waals surface area contributed by atoms with Crippen LogP contribution in [0.3, 0.4) is 0 Å². The molecule has 0 spiro atoms. The van der Waals surface area contributed by atoms with Crippen LogP contribution in [0.15, 0.2) is 23.7 Å². The van der Waals surface area contributed by atoms with Crippen LogP contribution >= 0.6 is 11.3 Å². The zero-order chi connectivity index (χ0) is 14.7. The molecule has 104 valence electrons. The van der Waals surface area contributed by atoms with Crippen LogP contribution in [0.2, 0.25) is 0 Å². The topological polar surface area (TPSA) is 122 Å². The van der Waals surface area contributed by atoms with Crippen molar-refractivity contribution in [2.75, 3.05) is 0 Å². The van der Waals surface area contributed by atoms with Crippen molar-refractivity contribution in [2.24, 2.45) is 5.73 Å². The number of carbonyl (C=O) groups excluding carboxylic acids is 2. The lowest BCUT2D eigenvalue weighted by Crippen LogP contribution is -2.43. The van der Waals surface area contributed by atoms with E-state index in [9.17, 15) is 14.4 Å². The summed E-state index contributed by atoms with van der Waals surface area (Å²) in [7, 11) is 0. The number of primary amides is 1. The van der Waals surface area contributed by atoms with Crippen LogP contribution < -0.4 is 11.1 Å². The summed E-state index contributed by atoms with van der Waals surface area (Å²) in [5.41, 5.74) is 7.66. The minimum atomic E-state index is -1.34. The lowest BCUT2D eigenvalue weighted by molar-refractivity contribution is -0.140. The SMILES string of the molecule is NC(=O)C[C@H](NC(=O)c1ccc2ncsc2c1)C(=O)O. The molecule has 1 aromatic heterocycles. The summed E-state index contributed by atoms with van der Waals surface area (Å²) in [5.74, 6) is -2.68. The summed E-state index contributed by atoms with van der Waals surface area (Å²) in [6.07, 6.45) is -0.454. The number of carboxylic acids is 1. The van der Waals surface area contributed by atoms with E-state index in [2.05, 4.69) is 10.3 Å². The number of aliphatic carboxylic acids is 1. The van der Waals surface area contributed by atoms with E-state index in [1.165, 1.54) is 11.3 Å². The first-order chi connectivity index (χ1) is 9.47. The number of nitrogens with zero attached hydrogens (tertiary/aromatic N) is 1. The quantitative estimate of drug-likeness (QED) is 0.734. The first kappa shape index (κ1) is 13.9. The van der Waals surface area contributed by atoms with Gasteiger partial charge in [-0.15, -0.1) is 11.3 Å². The van der Waals surface area contributed by atoms with Gasteiger partial charge in [-0.2, -0.15) is 0 Å². The van der Waals surface area contributed by atoms with Crippen molar-refractivity contribution in [1.82, 2.24) is 10.3 Å². The normalized spacial score (nSPS) is 12.0. The molecule has 0 radical (unpaired) electrons. The van der Waals surface area contributed by atoms with Crippen LogP contribution in [0.5, 0.6) is 0 Å². The maximum Gasteiger partial charge on any atom is 0.326 e. The number of thiazole rings is 1. The minimum Gasteiger partial charge on any atom is -0.480 e. The standard InChI is InChI=1S/C12H11N3O4S/c13-10(16)4-8(12(18)19)15-11(17)6-1-2-7-9(3-6)20-5-14-7/h1-3,5,8H,4H2,(H2,13,16)(H,15,17)(H,18,19)/t8-/m0/s1. The van der Waals surface area contributed by atoms with Gasteiger partial charge in [-0.05, 0) is 18.2 Å². The molecular formula is C12H11N3O4S. The fraction of sp³-hybridized carbons (Fsp3) is 0.167. The predicted molar refractivity (Wildman–Crippen MR) is 72.3 cm³/mol. The average Bonchev–Trinajstić information content (AvgIpc) is 2.84. The number of fused-ring (bicyclic) bond motifs is 1. The fourth-order valence-electron chi connectivity index (χ4n) is 1.64. The van der Waals surface area contributed by atoms with Crippen LogP contribution in [0.1, 0.15) is 16.8 Å². The van der Waals surface area contributed by atoms with Crippen LogP contribution in [0, 0.1) is 0 Å². The van der Waals surface area contributed by atoms with Gasteiger partial charge in [0.15, 0.2) is 0 Å². The van der Waals surface area contributed by atoms with E-state index in [1.807, 2.05) is 0 Å². The highest BCUT2D eigenvalue weighted by atomic mass is 32.1. The van der Waals surface area contributed by atoms with E-state index >= 15 is 0 Å². The van der Waals surface area contributed by atoms with E-state index in [-0.39, 0.29) is 0 Å². The number of hydrogen-bond donors (Lipinski definition) is 3. The number of carboxylic acid groups (broad SMARTS) is 1. The maximum absolute atomic E-state index is 12.0. The number of hydrogen-bond acceptors (Lipinski definition) is 5. The molecular weight excluding hydrogens is 282 g/mol. The first-order valence-corrected chi connectivity index (χ1v) is 6.50. The molecule has 0 bridgehead atoms. The van der Waals surface area contributed by atoms with Crippen molar-refractivity contribution in [3.63, 3.8) is 0 Å². The zero-order valence-electron chi connectivity index (χ0n) is 10.2. The predicted octanol–water partition coefficient (Wildman–Crippen LogP) is 0.355. The molecule has 0 aliphatic rings. The van der Waals surface area contributed by atoms with Gasteiger partial charge in [-0.25, -0.2) is 9.78 Å². The van der Waals surface area contributed by atoms with Gasteiger partial charge in [0, 0.05) is 5.56 Å². The highest BCUT2D eigenvalue weighted by Gasteiger charge is 2.22. The van der Waals surface area contributed by atoms with Gasteiger partial charge in [0.05, 0.1) is 22.1 Å². The van der Waals surface area contributed by atoms with Crippen LogP contribution in [0.25, 0.3) is 10.2 Å². The number of benzene rings is 1. The van der Waals surface area contributed by atoms with Gasteiger partial charge in [-0.3, -0.25) is 9.59 Å². The minimum absolute atomic E-state index is 0.303. The van der Waals surface area contributed by atoms with Gasteiger partial charge in [-0.1, -0.05) is 0 Å². The van der Waals surface area contributed by atoms with Crippen LogP contribution in [-0.2, 0) is 9.59 Å². The Morgan fingerprint density at radius 2 is 2.15 bits per heavy atom. The molecule has 4 N–H and O–H groups in total. The average molecular weight is 293 g/mol. The number of amides is 2. The molecule has 0 fully saturated rings. The van der Waals surface area contributed by atoms with Crippen molar-refractivity contribution in [1.29, 1.82) is 0 Å². The second-order valence-corrected chi connectivity index (χ2v) is 4.96. The Kier molecular flexibility index (Phi) is 3.94. The summed E-state index contributed by atoms with van der Waals surface area (Å²) in [5, 5.41) is 11.2.